The van der Waals surface area contributed by atoms with Gasteiger partial charge in [0.15, 0.2) is 0 Å². The van der Waals surface area contributed by atoms with Crippen LogP contribution in [0.1, 0.15) is 32.8 Å². The summed E-state index contributed by atoms with van der Waals surface area (Å²) in [6.07, 6.45) is 0.654. The first-order valence-electron chi connectivity index (χ1n) is 8.23. The molecule has 0 saturated carbocycles. The molecule has 1 aromatic rings. The van der Waals surface area contributed by atoms with Crippen molar-refractivity contribution in [2.24, 2.45) is 11.8 Å². The van der Waals surface area contributed by atoms with Gasteiger partial charge in [0, 0.05) is 5.92 Å². The minimum atomic E-state index is -1.10. The molecule has 1 aromatic carbocycles. The molecule has 6 nitrogen and oxygen atoms in total. The summed E-state index contributed by atoms with van der Waals surface area (Å²) in [5.41, 5.74) is 0.690. The molecule has 1 unspecified atom stereocenters. The summed E-state index contributed by atoms with van der Waals surface area (Å²) in [5.74, 6) is -2.71. The van der Waals surface area contributed by atoms with Gasteiger partial charge in [-0.15, -0.1) is 0 Å². The summed E-state index contributed by atoms with van der Waals surface area (Å²) in [7, 11) is 0. The molecule has 138 valence electrons. The molecule has 3 N–H and O–H groups in total. The van der Waals surface area contributed by atoms with E-state index in [0.717, 1.165) is 0 Å². The van der Waals surface area contributed by atoms with Crippen LogP contribution in [0.3, 0.4) is 0 Å². The van der Waals surface area contributed by atoms with Crippen molar-refractivity contribution in [1.82, 2.24) is 10.6 Å². The maximum absolute atomic E-state index is 13.1. The summed E-state index contributed by atoms with van der Waals surface area (Å²) in [4.78, 5) is 35.0. The van der Waals surface area contributed by atoms with Crippen molar-refractivity contribution in [2.75, 3.05) is 6.54 Å². The largest absolute Gasteiger partial charge is 0.480 e. The Hall–Kier alpha value is -2.44. The molecule has 0 aliphatic heterocycles. The fraction of sp³-hybridized carbons (Fsp3) is 0.500. The number of halogens is 1. The second-order valence-corrected chi connectivity index (χ2v) is 6.54. The summed E-state index contributed by atoms with van der Waals surface area (Å²) in [6, 6.07) is 5.01. The second-order valence-electron chi connectivity index (χ2n) is 6.54. The van der Waals surface area contributed by atoms with Crippen molar-refractivity contribution >= 4 is 17.8 Å². The number of nitrogens with one attached hydrogen (secondary N) is 2. The Morgan fingerprint density at radius 1 is 1.20 bits per heavy atom. The molecule has 7 heteroatoms. The third-order valence-electron chi connectivity index (χ3n) is 3.64. The molecular formula is C18H25FN2O4. The summed E-state index contributed by atoms with van der Waals surface area (Å²) in [5, 5.41) is 14.0. The van der Waals surface area contributed by atoms with Crippen LogP contribution in [0.2, 0.25) is 0 Å². The molecule has 25 heavy (non-hydrogen) atoms. The van der Waals surface area contributed by atoms with Gasteiger partial charge in [0.1, 0.15) is 11.9 Å². The Morgan fingerprint density at radius 3 is 2.44 bits per heavy atom. The van der Waals surface area contributed by atoms with Gasteiger partial charge in [-0.2, -0.15) is 0 Å². The van der Waals surface area contributed by atoms with Crippen molar-refractivity contribution in [3.05, 3.63) is 35.6 Å². The fourth-order valence-corrected chi connectivity index (χ4v) is 2.39. The summed E-state index contributed by atoms with van der Waals surface area (Å²) >= 11 is 0. The van der Waals surface area contributed by atoms with Gasteiger partial charge in [0.05, 0.1) is 6.54 Å². The van der Waals surface area contributed by atoms with Crippen LogP contribution < -0.4 is 10.6 Å². The number of aliphatic carboxylic acids is 1. The van der Waals surface area contributed by atoms with Crippen molar-refractivity contribution < 1.29 is 23.9 Å². The van der Waals surface area contributed by atoms with Gasteiger partial charge in [0.25, 0.3) is 0 Å². The third-order valence-corrected chi connectivity index (χ3v) is 3.64. The zero-order valence-electron chi connectivity index (χ0n) is 14.7. The van der Waals surface area contributed by atoms with Crippen molar-refractivity contribution in [2.45, 2.75) is 39.7 Å². The first-order chi connectivity index (χ1) is 11.7. The van der Waals surface area contributed by atoms with Gasteiger partial charge in [0.2, 0.25) is 11.8 Å². The maximum Gasteiger partial charge on any atom is 0.326 e. The molecule has 0 aliphatic rings. The number of hydrogen-bond acceptors (Lipinski definition) is 3. The highest BCUT2D eigenvalue weighted by atomic mass is 19.1. The second kappa shape index (κ2) is 9.76. The zero-order chi connectivity index (χ0) is 19.0. The lowest BCUT2D eigenvalue weighted by atomic mass is 10.0. The predicted molar refractivity (Wildman–Crippen MR) is 91.3 cm³/mol. The number of benzene rings is 1. The summed E-state index contributed by atoms with van der Waals surface area (Å²) in [6.45, 7) is 5.10. The lowest BCUT2D eigenvalue weighted by Gasteiger charge is -2.17. The molecule has 0 aromatic heterocycles. The molecule has 0 aliphatic carbocycles. The molecule has 2 amide bonds. The van der Waals surface area contributed by atoms with Crippen LogP contribution >= 0.6 is 0 Å². The number of carboxylic acid groups (broad SMARTS) is 1. The number of carbonyl (C=O) groups excluding carboxylic acids is 2. The van der Waals surface area contributed by atoms with E-state index in [1.165, 1.54) is 12.1 Å². The topological polar surface area (TPSA) is 95.5 Å². The summed E-state index contributed by atoms with van der Waals surface area (Å²) < 4.78 is 13.1. The van der Waals surface area contributed by atoms with Crippen LogP contribution in [0, 0.1) is 17.7 Å². The van der Waals surface area contributed by atoms with E-state index < -0.39 is 23.8 Å². The number of amides is 2. The van der Waals surface area contributed by atoms with Crippen molar-refractivity contribution in [1.29, 1.82) is 0 Å². The Balaban J connectivity index is 2.46. The average molecular weight is 352 g/mol. The lowest BCUT2D eigenvalue weighted by molar-refractivity contribution is -0.142. The molecule has 0 saturated heterocycles. The van der Waals surface area contributed by atoms with Crippen LogP contribution in [-0.4, -0.2) is 35.5 Å². The van der Waals surface area contributed by atoms with E-state index >= 15 is 0 Å². The fourth-order valence-electron chi connectivity index (χ4n) is 2.39. The highest BCUT2D eigenvalue weighted by Gasteiger charge is 2.21. The smallest absolute Gasteiger partial charge is 0.326 e. The zero-order valence-corrected chi connectivity index (χ0v) is 14.7. The first kappa shape index (κ1) is 20.6. The van der Waals surface area contributed by atoms with E-state index in [1.807, 2.05) is 13.8 Å². The van der Waals surface area contributed by atoms with E-state index in [1.54, 1.807) is 19.1 Å². The number of carboxylic acids is 1. The van der Waals surface area contributed by atoms with Gasteiger partial charge < -0.3 is 15.7 Å². The minimum Gasteiger partial charge on any atom is -0.480 e. The molecule has 1 rings (SSSR count). The van der Waals surface area contributed by atoms with Crippen LogP contribution in [0.15, 0.2) is 24.3 Å². The monoisotopic (exact) mass is 352 g/mol. The number of carbonyl (C=O) groups is 3. The quantitative estimate of drug-likeness (QED) is 0.631. The van der Waals surface area contributed by atoms with E-state index in [4.69, 9.17) is 5.11 Å². The highest BCUT2D eigenvalue weighted by molar-refractivity contribution is 5.88. The average Bonchev–Trinajstić information content (AvgIpc) is 2.51. The van der Waals surface area contributed by atoms with Gasteiger partial charge in [-0.05, 0) is 36.5 Å². The lowest BCUT2D eigenvalue weighted by Crippen LogP contribution is -2.46. The van der Waals surface area contributed by atoms with Gasteiger partial charge >= 0.3 is 5.97 Å². The van der Waals surface area contributed by atoms with E-state index in [2.05, 4.69) is 10.6 Å². The third kappa shape index (κ3) is 7.78. The van der Waals surface area contributed by atoms with Crippen molar-refractivity contribution in [3.63, 3.8) is 0 Å². The maximum atomic E-state index is 13.1. The van der Waals surface area contributed by atoms with Crippen molar-refractivity contribution in [3.8, 4) is 0 Å². The van der Waals surface area contributed by atoms with E-state index in [-0.39, 0.29) is 24.2 Å². The predicted octanol–water partition coefficient (Wildman–Crippen LogP) is 1.74. The Labute approximate surface area is 146 Å². The van der Waals surface area contributed by atoms with Gasteiger partial charge in [-0.25, -0.2) is 9.18 Å². The Kier molecular flexibility index (Phi) is 8.04. The Morgan fingerprint density at radius 2 is 1.88 bits per heavy atom. The minimum absolute atomic E-state index is 0.113. The number of hydrogen-bond donors (Lipinski definition) is 3. The molecule has 0 fully saturated rings. The normalized spacial score (nSPS) is 13.2. The van der Waals surface area contributed by atoms with Crippen LogP contribution in [0.4, 0.5) is 4.39 Å². The van der Waals surface area contributed by atoms with E-state index in [9.17, 15) is 18.8 Å². The SMILES string of the molecule is CC(C)C[C@H](NC(=O)CNC(=O)C(C)Cc1cccc(F)c1)C(=O)O. The molecule has 2 atom stereocenters. The van der Waals surface area contributed by atoms with Crippen LogP contribution in [0.25, 0.3) is 0 Å². The standard InChI is InChI=1S/C18H25FN2O4/c1-11(2)7-15(18(24)25)21-16(22)10-20-17(23)12(3)8-13-5-4-6-14(19)9-13/h4-6,9,11-12,15H,7-8,10H2,1-3H3,(H,20,23)(H,21,22)(H,24,25)/t12?,15-/m0/s1. The van der Waals surface area contributed by atoms with Gasteiger partial charge in [-0.1, -0.05) is 32.9 Å². The molecule has 0 spiro atoms. The Bertz CT molecular complexity index is 619. The van der Waals surface area contributed by atoms with Crippen LogP contribution in [0.5, 0.6) is 0 Å². The van der Waals surface area contributed by atoms with Gasteiger partial charge in [-0.3, -0.25) is 9.59 Å². The van der Waals surface area contributed by atoms with Crippen LogP contribution in [-0.2, 0) is 20.8 Å². The highest BCUT2D eigenvalue weighted by Crippen LogP contribution is 2.10. The number of rotatable bonds is 9. The molecule has 0 radical (unpaired) electrons. The molecule has 0 bridgehead atoms. The molecular weight excluding hydrogens is 327 g/mol. The first-order valence-corrected chi connectivity index (χ1v) is 8.23. The van der Waals surface area contributed by atoms with E-state index in [0.29, 0.717) is 18.4 Å². The molecule has 0 heterocycles.